The number of rotatable bonds is 7. The molecule has 6 nitrogen and oxygen atoms in total. The third-order valence-corrected chi connectivity index (χ3v) is 10.5. The van der Waals surface area contributed by atoms with Crippen LogP contribution in [0.5, 0.6) is 0 Å². The van der Waals surface area contributed by atoms with Crippen molar-refractivity contribution in [3.05, 3.63) is 105 Å². The molecule has 42 heavy (non-hydrogen) atoms. The van der Waals surface area contributed by atoms with Crippen LogP contribution in [0.3, 0.4) is 0 Å². The van der Waals surface area contributed by atoms with E-state index in [-0.39, 0.29) is 11.6 Å². The molecule has 2 aliphatic rings. The van der Waals surface area contributed by atoms with Gasteiger partial charge in [0.2, 0.25) is 11.6 Å². The van der Waals surface area contributed by atoms with Gasteiger partial charge in [0.25, 0.3) is 0 Å². The second-order valence-electron chi connectivity index (χ2n) is 11.2. The number of nitrogens with two attached hydrogens (primary N) is 2. The van der Waals surface area contributed by atoms with Crippen molar-refractivity contribution >= 4 is 66.0 Å². The smallest absolute Gasteiger partial charge is 0.205 e. The number of fused-ring (bicyclic) bond motifs is 2. The van der Waals surface area contributed by atoms with Crippen LogP contribution in [0.15, 0.2) is 72.8 Å². The summed E-state index contributed by atoms with van der Waals surface area (Å²) in [5.74, 6) is 0.886. The van der Waals surface area contributed by atoms with Gasteiger partial charge >= 0.3 is 0 Å². The molecule has 0 amide bonds. The molecule has 206 valence electrons. The van der Waals surface area contributed by atoms with Crippen LogP contribution in [0, 0.1) is 0 Å². The normalized spacial score (nSPS) is 15.0. The second-order valence-corrected chi connectivity index (χ2v) is 13.2. The monoisotopic (exact) mass is 586 g/mol. The molecule has 0 aliphatic heterocycles. The molecule has 2 saturated carbocycles. The Bertz CT molecular complexity index is 1900. The van der Waals surface area contributed by atoms with E-state index in [9.17, 15) is 9.59 Å². The first kappa shape index (κ1) is 25.3. The molecule has 0 atom stereocenters. The zero-order valence-electron chi connectivity index (χ0n) is 22.6. The molecular formula is C34H26N4O2S2. The van der Waals surface area contributed by atoms with Gasteiger partial charge in [0, 0.05) is 45.1 Å². The van der Waals surface area contributed by atoms with Crippen molar-refractivity contribution < 1.29 is 9.59 Å². The summed E-state index contributed by atoms with van der Waals surface area (Å²) in [6, 6.07) is 23.0. The minimum Gasteiger partial charge on any atom is -0.397 e. The molecule has 2 aliphatic carbocycles. The quantitative estimate of drug-likeness (QED) is 0.184. The topological polar surface area (TPSA) is 112 Å². The summed E-state index contributed by atoms with van der Waals surface area (Å²) in [6.07, 6.45) is 4.71. The number of benzene rings is 2. The van der Waals surface area contributed by atoms with Crippen molar-refractivity contribution in [3.63, 3.8) is 0 Å². The highest BCUT2D eigenvalue weighted by Crippen LogP contribution is 2.43. The summed E-state index contributed by atoms with van der Waals surface area (Å²) in [6.45, 7) is 0. The Balaban J connectivity index is 1.02. The maximum atomic E-state index is 13.4. The number of pyridine rings is 2. The molecule has 0 spiro atoms. The number of anilines is 2. The molecule has 0 bridgehead atoms. The highest BCUT2D eigenvalue weighted by Gasteiger charge is 2.28. The standard InChI is InChI=1S/C34H26N4O2S2/c35-27-23-13-15-25(19-5-6-19)37-33(23)41-31(27)29(39)21-9-1-17(2-10-21)18-3-11-22(12-4-18)30(40)32-28(36)24-14-16-26(20-7-8-20)38-34(24)42-32/h1-4,9-16,19-20H,5-8,35-36H2. The zero-order chi connectivity index (χ0) is 28.5. The first-order valence-corrected chi connectivity index (χ1v) is 15.8. The Kier molecular flexibility index (Phi) is 5.77. The fourth-order valence-corrected chi connectivity index (χ4v) is 7.59. The van der Waals surface area contributed by atoms with E-state index in [1.54, 1.807) is 0 Å². The van der Waals surface area contributed by atoms with Crippen molar-refractivity contribution in [2.75, 3.05) is 11.5 Å². The number of carbonyl (C=O) groups excluding carboxylic acids is 2. The molecule has 4 aromatic heterocycles. The number of hydrogen-bond acceptors (Lipinski definition) is 8. The van der Waals surface area contributed by atoms with E-state index in [1.165, 1.54) is 48.4 Å². The number of aromatic nitrogens is 2. The Morgan fingerprint density at radius 1 is 0.571 bits per heavy atom. The van der Waals surface area contributed by atoms with E-state index >= 15 is 0 Å². The molecule has 4 N–H and O–H groups in total. The molecule has 2 aromatic carbocycles. The van der Waals surface area contributed by atoms with Crippen LogP contribution in [0.4, 0.5) is 11.4 Å². The average Bonchev–Trinajstić information content (AvgIpc) is 3.97. The summed E-state index contributed by atoms with van der Waals surface area (Å²) in [4.78, 5) is 39.0. The number of ketones is 2. The summed E-state index contributed by atoms with van der Waals surface area (Å²) in [7, 11) is 0. The van der Waals surface area contributed by atoms with Crippen LogP contribution < -0.4 is 11.5 Å². The summed E-state index contributed by atoms with van der Waals surface area (Å²) in [5, 5.41) is 1.69. The van der Waals surface area contributed by atoms with E-state index in [4.69, 9.17) is 21.4 Å². The van der Waals surface area contributed by atoms with E-state index < -0.39 is 0 Å². The van der Waals surface area contributed by atoms with Crippen molar-refractivity contribution in [2.45, 2.75) is 37.5 Å². The van der Waals surface area contributed by atoms with Crippen molar-refractivity contribution in [3.8, 4) is 11.1 Å². The molecule has 0 saturated heterocycles. The van der Waals surface area contributed by atoms with Gasteiger partial charge in [-0.3, -0.25) is 9.59 Å². The molecule has 2 fully saturated rings. The highest BCUT2D eigenvalue weighted by atomic mass is 32.1. The number of thiophene rings is 2. The Morgan fingerprint density at radius 3 is 1.31 bits per heavy atom. The predicted molar refractivity (Wildman–Crippen MR) is 171 cm³/mol. The SMILES string of the molecule is Nc1c(C(=O)c2ccc(-c3ccc(C(=O)c4sc5nc(C6CC6)ccc5c4N)cc3)cc2)sc2nc(C3CC3)ccc12. The molecule has 0 unspecified atom stereocenters. The summed E-state index contributed by atoms with van der Waals surface area (Å²) >= 11 is 2.73. The largest absolute Gasteiger partial charge is 0.397 e. The zero-order valence-corrected chi connectivity index (χ0v) is 24.2. The maximum absolute atomic E-state index is 13.4. The summed E-state index contributed by atoms with van der Waals surface area (Å²) < 4.78 is 0. The van der Waals surface area contributed by atoms with Crippen LogP contribution >= 0.6 is 22.7 Å². The van der Waals surface area contributed by atoms with Gasteiger partial charge in [-0.15, -0.1) is 22.7 Å². The molecule has 0 radical (unpaired) electrons. The second kappa shape index (κ2) is 9.58. The number of nitrogen functional groups attached to an aromatic ring is 2. The fourth-order valence-electron chi connectivity index (χ4n) is 5.46. The third-order valence-electron chi connectivity index (χ3n) is 8.26. The predicted octanol–water partition coefficient (Wildman–Crippen LogP) is 7.95. The fraction of sp³-hybridized carbons (Fsp3) is 0.176. The van der Waals surface area contributed by atoms with Gasteiger partial charge in [-0.2, -0.15) is 0 Å². The van der Waals surface area contributed by atoms with E-state index in [0.717, 1.165) is 42.9 Å². The van der Waals surface area contributed by atoms with Gasteiger partial charge in [-0.1, -0.05) is 48.5 Å². The molecule has 6 aromatic rings. The maximum Gasteiger partial charge on any atom is 0.205 e. The van der Waals surface area contributed by atoms with Gasteiger partial charge in [-0.05, 0) is 61.1 Å². The van der Waals surface area contributed by atoms with Gasteiger partial charge < -0.3 is 11.5 Å². The van der Waals surface area contributed by atoms with Crippen LogP contribution in [0.1, 0.15) is 79.4 Å². The number of hydrogen-bond donors (Lipinski definition) is 2. The number of carbonyl (C=O) groups is 2. The van der Waals surface area contributed by atoms with Crippen LogP contribution in [-0.4, -0.2) is 21.5 Å². The van der Waals surface area contributed by atoms with Gasteiger partial charge in [0.15, 0.2) is 0 Å². The minimum absolute atomic E-state index is 0.101. The van der Waals surface area contributed by atoms with E-state index in [1.807, 2.05) is 72.8 Å². The van der Waals surface area contributed by atoms with Crippen LogP contribution in [0.2, 0.25) is 0 Å². The number of nitrogens with zero attached hydrogens (tertiary/aromatic N) is 2. The molecule has 8 heteroatoms. The highest BCUT2D eigenvalue weighted by molar-refractivity contribution is 7.21. The minimum atomic E-state index is -0.101. The van der Waals surface area contributed by atoms with Crippen LogP contribution in [0.25, 0.3) is 31.6 Å². The van der Waals surface area contributed by atoms with Crippen LogP contribution in [-0.2, 0) is 0 Å². The average molecular weight is 587 g/mol. The Hall–Kier alpha value is -4.40. The lowest BCUT2D eigenvalue weighted by molar-refractivity contribution is 0.103. The first-order chi connectivity index (χ1) is 20.4. The first-order valence-electron chi connectivity index (χ1n) is 14.1. The lowest BCUT2D eigenvalue weighted by atomic mass is 9.99. The van der Waals surface area contributed by atoms with Gasteiger partial charge in [0.1, 0.15) is 19.4 Å². The van der Waals surface area contributed by atoms with Gasteiger partial charge in [-0.25, -0.2) is 9.97 Å². The van der Waals surface area contributed by atoms with E-state index in [0.29, 0.717) is 44.1 Å². The molecular weight excluding hydrogens is 561 g/mol. The van der Waals surface area contributed by atoms with Crippen molar-refractivity contribution in [1.82, 2.24) is 9.97 Å². The molecule has 8 rings (SSSR count). The van der Waals surface area contributed by atoms with Crippen molar-refractivity contribution in [2.24, 2.45) is 0 Å². The lowest BCUT2D eigenvalue weighted by Crippen LogP contribution is -2.02. The lowest BCUT2D eigenvalue weighted by Gasteiger charge is -2.06. The Morgan fingerprint density at radius 2 is 0.952 bits per heavy atom. The van der Waals surface area contributed by atoms with E-state index in [2.05, 4.69) is 0 Å². The van der Waals surface area contributed by atoms with Gasteiger partial charge in [0.05, 0.1) is 11.4 Å². The Labute approximate surface area is 250 Å². The molecule has 4 heterocycles. The third kappa shape index (κ3) is 4.30. The van der Waals surface area contributed by atoms with Crippen molar-refractivity contribution in [1.29, 1.82) is 0 Å². The summed E-state index contributed by atoms with van der Waals surface area (Å²) in [5.41, 5.74) is 19.0.